The van der Waals surface area contributed by atoms with Crippen LogP contribution in [0.5, 0.6) is 5.75 Å². The summed E-state index contributed by atoms with van der Waals surface area (Å²) in [4.78, 5) is 9.24. The van der Waals surface area contributed by atoms with Crippen molar-refractivity contribution < 1.29 is 9.47 Å². The zero-order valence-electron chi connectivity index (χ0n) is 21.4. The van der Waals surface area contributed by atoms with E-state index in [1.54, 1.807) is 14.2 Å². The summed E-state index contributed by atoms with van der Waals surface area (Å²) in [5, 5.41) is 8.23. The average Bonchev–Trinajstić information content (AvgIpc) is 3.17. The van der Waals surface area contributed by atoms with Crippen LogP contribution in [0.4, 0.5) is 11.8 Å². The lowest BCUT2D eigenvalue weighted by Crippen LogP contribution is -2.44. The van der Waals surface area contributed by atoms with Crippen LogP contribution in [-0.2, 0) is 17.8 Å². The highest BCUT2D eigenvalue weighted by molar-refractivity contribution is 6.09. The predicted molar refractivity (Wildman–Crippen MR) is 146 cm³/mol. The molecule has 1 fully saturated rings. The number of nitrogens with two attached hydrogens (primary N) is 1. The number of nitrogen functional groups attached to an aromatic ring is 1. The van der Waals surface area contributed by atoms with Gasteiger partial charge < -0.3 is 30.4 Å². The summed E-state index contributed by atoms with van der Waals surface area (Å²) in [5.41, 5.74) is 11.4. The second kappa shape index (κ2) is 10.7. The van der Waals surface area contributed by atoms with Gasteiger partial charge in [0.2, 0.25) is 5.95 Å². The molecule has 2 aromatic carbocycles. The molecule has 0 atom stereocenters. The molecule has 0 bridgehead atoms. The van der Waals surface area contributed by atoms with E-state index in [1.807, 2.05) is 6.07 Å². The quantitative estimate of drug-likeness (QED) is 0.263. The van der Waals surface area contributed by atoms with Gasteiger partial charge in [-0.15, -0.1) is 0 Å². The standard InChI is InChI=1S/C28H36N6O2/c1-4-5-12-30-27-26-25(32-28(29)33-27)22-8-6-7-9-23(22)34(26)17-19-13-18(10-11-24(19)36-3)16-31-20-14-21(15-20)35-2/h6-11,13,20-21,31H,4-5,12,14-17H2,1-3H3,(H3,29,30,32,33). The Kier molecular flexibility index (Phi) is 7.25. The zero-order chi connectivity index (χ0) is 25.1. The minimum atomic E-state index is 0.279. The number of nitrogens with one attached hydrogen (secondary N) is 2. The number of benzene rings is 2. The van der Waals surface area contributed by atoms with Crippen LogP contribution in [0.3, 0.4) is 0 Å². The van der Waals surface area contributed by atoms with Gasteiger partial charge in [0.05, 0.1) is 25.3 Å². The molecule has 190 valence electrons. The number of methoxy groups -OCH3 is 2. The molecule has 8 nitrogen and oxygen atoms in total. The molecular formula is C28H36N6O2. The molecule has 1 saturated carbocycles. The van der Waals surface area contributed by atoms with Gasteiger partial charge in [0.15, 0.2) is 5.82 Å². The van der Waals surface area contributed by atoms with Crippen LogP contribution in [0.25, 0.3) is 21.9 Å². The lowest BCUT2D eigenvalue weighted by molar-refractivity contribution is 0.0170. The van der Waals surface area contributed by atoms with E-state index in [2.05, 4.69) is 68.5 Å². The molecule has 0 unspecified atom stereocenters. The SMILES string of the molecule is CCCCNc1nc(N)nc2c3ccccc3n(Cc3cc(CNC4CC(OC)C4)ccc3OC)c12. The maximum atomic E-state index is 6.13. The summed E-state index contributed by atoms with van der Waals surface area (Å²) in [7, 11) is 3.51. The van der Waals surface area contributed by atoms with E-state index in [9.17, 15) is 0 Å². The van der Waals surface area contributed by atoms with Crippen molar-refractivity contribution in [1.29, 1.82) is 0 Å². The lowest BCUT2D eigenvalue weighted by Gasteiger charge is -2.34. The summed E-state index contributed by atoms with van der Waals surface area (Å²) < 4.78 is 13.5. The maximum absolute atomic E-state index is 6.13. The number of para-hydroxylation sites is 1. The fourth-order valence-corrected chi connectivity index (χ4v) is 5.04. The number of ether oxygens (including phenoxy) is 2. The van der Waals surface area contributed by atoms with E-state index in [0.717, 1.165) is 77.8 Å². The summed E-state index contributed by atoms with van der Waals surface area (Å²) in [6, 6.07) is 15.3. The van der Waals surface area contributed by atoms with Crippen LogP contribution in [0, 0.1) is 0 Å². The third-order valence-corrected chi connectivity index (χ3v) is 7.14. The topological polar surface area (TPSA) is 99.2 Å². The molecule has 0 saturated heterocycles. The van der Waals surface area contributed by atoms with Gasteiger partial charge in [0, 0.05) is 37.2 Å². The summed E-state index contributed by atoms with van der Waals surface area (Å²) in [6.07, 6.45) is 4.68. The van der Waals surface area contributed by atoms with Crippen LogP contribution in [-0.4, -0.2) is 47.4 Å². The summed E-state index contributed by atoms with van der Waals surface area (Å²) >= 11 is 0. The Balaban J connectivity index is 1.51. The highest BCUT2D eigenvalue weighted by Gasteiger charge is 2.28. The molecule has 0 amide bonds. The third-order valence-electron chi connectivity index (χ3n) is 7.14. The molecule has 1 aliphatic rings. The van der Waals surface area contributed by atoms with Crippen LogP contribution >= 0.6 is 0 Å². The average molecular weight is 489 g/mol. The van der Waals surface area contributed by atoms with Crippen molar-refractivity contribution in [3.8, 4) is 5.75 Å². The number of unbranched alkanes of at least 4 members (excludes halogenated alkanes) is 1. The Hall–Kier alpha value is -3.36. The monoisotopic (exact) mass is 488 g/mol. The number of rotatable bonds is 11. The van der Waals surface area contributed by atoms with E-state index < -0.39 is 0 Å². The summed E-state index contributed by atoms with van der Waals surface area (Å²) in [6.45, 7) is 4.46. The van der Waals surface area contributed by atoms with Crippen molar-refractivity contribution in [3.05, 3.63) is 53.6 Å². The Morgan fingerprint density at radius 1 is 1.11 bits per heavy atom. The van der Waals surface area contributed by atoms with E-state index in [-0.39, 0.29) is 5.95 Å². The minimum absolute atomic E-state index is 0.279. The Morgan fingerprint density at radius 2 is 1.94 bits per heavy atom. The van der Waals surface area contributed by atoms with Crippen LogP contribution < -0.4 is 21.1 Å². The van der Waals surface area contributed by atoms with E-state index in [0.29, 0.717) is 18.7 Å². The van der Waals surface area contributed by atoms with Crippen LogP contribution in [0.2, 0.25) is 0 Å². The van der Waals surface area contributed by atoms with Crippen LogP contribution in [0.15, 0.2) is 42.5 Å². The number of fused-ring (bicyclic) bond motifs is 3. The van der Waals surface area contributed by atoms with Crippen molar-refractivity contribution in [2.75, 3.05) is 31.8 Å². The second-order valence-electron chi connectivity index (χ2n) is 9.56. The van der Waals surface area contributed by atoms with Crippen molar-refractivity contribution in [1.82, 2.24) is 19.9 Å². The van der Waals surface area contributed by atoms with Crippen molar-refractivity contribution in [2.24, 2.45) is 0 Å². The molecule has 0 aliphatic heterocycles. The lowest BCUT2D eigenvalue weighted by atomic mass is 9.89. The largest absolute Gasteiger partial charge is 0.496 e. The fraction of sp³-hybridized carbons (Fsp3) is 0.429. The number of hydrogen-bond acceptors (Lipinski definition) is 7. The van der Waals surface area contributed by atoms with E-state index >= 15 is 0 Å². The van der Waals surface area contributed by atoms with Gasteiger partial charge in [0.1, 0.15) is 16.8 Å². The molecule has 0 spiro atoms. The normalized spacial score (nSPS) is 17.4. The predicted octanol–water partition coefficient (Wildman–Crippen LogP) is 4.70. The fourth-order valence-electron chi connectivity index (χ4n) is 5.04. The van der Waals surface area contributed by atoms with Gasteiger partial charge in [-0.3, -0.25) is 0 Å². The first-order valence-electron chi connectivity index (χ1n) is 12.8. The van der Waals surface area contributed by atoms with Gasteiger partial charge in [-0.1, -0.05) is 37.6 Å². The van der Waals surface area contributed by atoms with Gasteiger partial charge >= 0.3 is 0 Å². The Bertz CT molecular complexity index is 1350. The number of aromatic nitrogens is 3. The van der Waals surface area contributed by atoms with Gasteiger partial charge in [0.25, 0.3) is 0 Å². The zero-order valence-corrected chi connectivity index (χ0v) is 21.4. The Labute approximate surface area is 212 Å². The number of nitrogens with zero attached hydrogens (tertiary/aromatic N) is 3. The van der Waals surface area contributed by atoms with Gasteiger partial charge in [-0.2, -0.15) is 4.98 Å². The molecule has 5 rings (SSSR count). The highest BCUT2D eigenvalue weighted by Crippen LogP contribution is 2.34. The van der Waals surface area contributed by atoms with Crippen molar-refractivity contribution in [3.63, 3.8) is 0 Å². The molecule has 36 heavy (non-hydrogen) atoms. The van der Waals surface area contributed by atoms with Gasteiger partial charge in [-0.05, 0) is 43.0 Å². The molecule has 1 aliphatic carbocycles. The first-order chi connectivity index (χ1) is 17.6. The first kappa shape index (κ1) is 24.3. The first-order valence-corrected chi connectivity index (χ1v) is 12.8. The Morgan fingerprint density at radius 3 is 2.72 bits per heavy atom. The maximum Gasteiger partial charge on any atom is 0.222 e. The molecular weight excluding hydrogens is 452 g/mol. The molecule has 0 radical (unpaired) electrons. The summed E-state index contributed by atoms with van der Waals surface area (Å²) in [5.74, 6) is 1.92. The molecule has 4 aromatic rings. The number of anilines is 2. The van der Waals surface area contributed by atoms with Crippen LogP contribution in [0.1, 0.15) is 43.7 Å². The van der Waals surface area contributed by atoms with Gasteiger partial charge in [-0.25, -0.2) is 4.98 Å². The van der Waals surface area contributed by atoms with Crippen molar-refractivity contribution >= 4 is 33.7 Å². The molecule has 8 heteroatoms. The molecule has 2 heterocycles. The number of hydrogen-bond donors (Lipinski definition) is 3. The minimum Gasteiger partial charge on any atom is -0.496 e. The molecule has 2 aromatic heterocycles. The van der Waals surface area contributed by atoms with E-state index in [1.165, 1.54) is 5.56 Å². The smallest absolute Gasteiger partial charge is 0.222 e. The highest BCUT2D eigenvalue weighted by atomic mass is 16.5. The molecule has 4 N–H and O–H groups in total. The third kappa shape index (κ3) is 4.83. The second-order valence-corrected chi connectivity index (χ2v) is 9.56. The van der Waals surface area contributed by atoms with Crippen molar-refractivity contribution in [2.45, 2.75) is 57.8 Å². The van der Waals surface area contributed by atoms with E-state index in [4.69, 9.17) is 15.2 Å².